The fraction of sp³-hybridized carbons (Fsp3) is 0.231. The van der Waals surface area contributed by atoms with Gasteiger partial charge in [-0.15, -0.1) is 0 Å². The molecule has 18 heavy (non-hydrogen) atoms. The molecule has 0 amide bonds. The molecule has 3 nitrogen and oxygen atoms in total. The third kappa shape index (κ3) is 2.77. The molecular formula is C13H13BrFN3. The molecule has 0 atom stereocenters. The Morgan fingerprint density at radius 1 is 1.39 bits per heavy atom. The van der Waals surface area contributed by atoms with Crippen LogP contribution in [0, 0.1) is 24.1 Å². The molecular weight excluding hydrogens is 297 g/mol. The lowest BCUT2D eigenvalue weighted by Crippen LogP contribution is -1.90. The van der Waals surface area contributed by atoms with Crippen molar-refractivity contribution in [1.82, 2.24) is 9.97 Å². The van der Waals surface area contributed by atoms with E-state index in [9.17, 15) is 4.39 Å². The Hall–Kier alpha value is -1.67. The second-order valence-corrected chi connectivity index (χ2v) is 4.08. The van der Waals surface area contributed by atoms with Gasteiger partial charge in [0.05, 0.1) is 5.56 Å². The molecule has 0 fully saturated rings. The largest absolute Gasteiger partial charge is 0.331 e. The number of nitriles is 1. The summed E-state index contributed by atoms with van der Waals surface area (Å²) >= 11 is 3.16. The van der Waals surface area contributed by atoms with Gasteiger partial charge in [-0.3, -0.25) is 0 Å². The molecule has 1 heterocycles. The molecule has 0 aliphatic heterocycles. The van der Waals surface area contributed by atoms with Gasteiger partial charge in [-0.05, 0) is 34.5 Å². The summed E-state index contributed by atoms with van der Waals surface area (Å²) in [6.07, 6.45) is 0. The predicted molar refractivity (Wildman–Crippen MR) is 72.5 cm³/mol. The van der Waals surface area contributed by atoms with Crippen LogP contribution >= 0.6 is 15.9 Å². The van der Waals surface area contributed by atoms with Crippen molar-refractivity contribution in [3.63, 3.8) is 0 Å². The molecule has 1 N–H and O–H groups in total. The Morgan fingerprint density at radius 3 is 2.56 bits per heavy atom. The maximum absolute atomic E-state index is 13.6. The first-order chi connectivity index (χ1) is 8.63. The maximum Gasteiger partial charge on any atom is 0.173 e. The summed E-state index contributed by atoms with van der Waals surface area (Å²) in [5.41, 5.74) is 1.38. The quantitative estimate of drug-likeness (QED) is 0.859. The molecule has 0 bridgehead atoms. The van der Waals surface area contributed by atoms with E-state index in [1.807, 2.05) is 19.9 Å². The third-order valence-corrected chi connectivity index (χ3v) is 2.80. The molecule has 2 rings (SSSR count). The van der Waals surface area contributed by atoms with Crippen molar-refractivity contribution >= 4 is 15.9 Å². The first kappa shape index (κ1) is 14.4. The van der Waals surface area contributed by atoms with Gasteiger partial charge in [0.1, 0.15) is 22.3 Å². The molecule has 2 aromatic rings. The number of rotatable bonds is 1. The smallest absolute Gasteiger partial charge is 0.173 e. The van der Waals surface area contributed by atoms with Crippen molar-refractivity contribution < 1.29 is 4.39 Å². The zero-order valence-electron chi connectivity index (χ0n) is 10.4. The van der Waals surface area contributed by atoms with E-state index < -0.39 is 0 Å². The summed E-state index contributed by atoms with van der Waals surface area (Å²) in [6.45, 7) is 5.79. The van der Waals surface area contributed by atoms with Crippen molar-refractivity contribution in [1.29, 1.82) is 5.26 Å². The Kier molecular flexibility index (Phi) is 5.05. The van der Waals surface area contributed by atoms with Crippen molar-refractivity contribution in [2.75, 3.05) is 0 Å². The first-order valence-electron chi connectivity index (χ1n) is 5.54. The number of aryl methyl sites for hydroxylation is 1. The van der Waals surface area contributed by atoms with Crippen LogP contribution in [0.1, 0.15) is 25.1 Å². The highest BCUT2D eigenvalue weighted by atomic mass is 79.9. The van der Waals surface area contributed by atoms with Gasteiger partial charge in [-0.25, -0.2) is 9.37 Å². The number of hydrogen-bond acceptors (Lipinski definition) is 2. The molecule has 1 aromatic carbocycles. The van der Waals surface area contributed by atoms with Crippen LogP contribution in [0.3, 0.4) is 0 Å². The molecule has 1 aromatic heterocycles. The number of aromatic amines is 1. The second kappa shape index (κ2) is 6.31. The van der Waals surface area contributed by atoms with Crippen LogP contribution in [0.25, 0.3) is 11.4 Å². The van der Waals surface area contributed by atoms with Crippen LogP contribution < -0.4 is 0 Å². The summed E-state index contributed by atoms with van der Waals surface area (Å²) in [7, 11) is 0. The van der Waals surface area contributed by atoms with E-state index in [0.717, 1.165) is 5.56 Å². The standard InChI is InChI=1S/C11H7BrFN3.C2H6/c1-6-3-2-4-7(13)9(6)11-15-8(5-14)10(12)16-11;1-2/h2-4H,1H3,(H,15,16);1-2H3. The molecule has 94 valence electrons. The number of H-pyrrole nitrogens is 1. The van der Waals surface area contributed by atoms with Gasteiger partial charge < -0.3 is 4.98 Å². The van der Waals surface area contributed by atoms with Crippen LogP contribution in [0.2, 0.25) is 0 Å². The monoisotopic (exact) mass is 309 g/mol. The van der Waals surface area contributed by atoms with Crippen LogP contribution in [0.5, 0.6) is 0 Å². The summed E-state index contributed by atoms with van der Waals surface area (Å²) in [4.78, 5) is 6.85. The number of hydrogen-bond donors (Lipinski definition) is 1. The predicted octanol–water partition coefficient (Wildman–Crippen LogP) is 4.18. The van der Waals surface area contributed by atoms with Crippen LogP contribution in [-0.2, 0) is 0 Å². The van der Waals surface area contributed by atoms with Crippen molar-refractivity contribution in [2.24, 2.45) is 0 Å². The third-order valence-electron chi connectivity index (χ3n) is 2.22. The minimum Gasteiger partial charge on any atom is -0.331 e. The van der Waals surface area contributed by atoms with Gasteiger partial charge >= 0.3 is 0 Å². The Labute approximate surface area is 114 Å². The topological polar surface area (TPSA) is 52.5 Å². The van der Waals surface area contributed by atoms with E-state index in [1.165, 1.54) is 6.07 Å². The van der Waals surface area contributed by atoms with Crippen LogP contribution in [0.4, 0.5) is 4.39 Å². The maximum atomic E-state index is 13.6. The van der Waals surface area contributed by atoms with Gasteiger partial charge in [-0.2, -0.15) is 5.26 Å². The minimum atomic E-state index is -0.356. The van der Waals surface area contributed by atoms with Crippen molar-refractivity contribution in [2.45, 2.75) is 20.8 Å². The molecule has 0 saturated heterocycles. The second-order valence-electron chi connectivity index (χ2n) is 3.29. The van der Waals surface area contributed by atoms with E-state index in [-0.39, 0.29) is 11.5 Å². The van der Waals surface area contributed by atoms with E-state index >= 15 is 0 Å². The van der Waals surface area contributed by atoms with Gasteiger partial charge in [0.25, 0.3) is 0 Å². The lowest BCUT2D eigenvalue weighted by Gasteiger charge is -2.02. The first-order valence-corrected chi connectivity index (χ1v) is 6.34. The minimum absolute atomic E-state index is 0.220. The molecule has 5 heteroatoms. The highest BCUT2D eigenvalue weighted by Crippen LogP contribution is 2.26. The lowest BCUT2D eigenvalue weighted by molar-refractivity contribution is 0.629. The zero-order chi connectivity index (χ0) is 13.7. The van der Waals surface area contributed by atoms with E-state index in [1.54, 1.807) is 19.1 Å². The molecule has 0 radical (unpaired) electrons. The Balaban J connectivity index is 0.000000771. The fourth-order valence-corrected chi connectivity index (χ4v) is 1.84. The zero-order valence-corrected chi connectivity index (χ0v) is 12.0. The summed E-state index contributed by atoms with van der Waals surface area (Å²) in [5, 5.41) is 8.76. The molecule has 0 unspecified atom stereocenters. The number of halogens is 2. The highest BCUT2D eigenvalue weighted by Gasteiger charge is 2.14. The molecule has 0 aliphatic rings. The molecule has 0 saturated carbocycles. The summed E-state index contributed by atoms with van der Waals surface area (Å²) < 4.78 is 14.1. The Bertz CT molecular complexity index is 564. The number of imidazole rings is 1. The SMILES string of the molecule is CC.Cc1cccc(F)c1-c1nc(C#N)c(Br)[nH]1. The summed E-state index contributed by atoms with van der Waals surface area (Å²) in [5.74, 6) is 0.00441. The van der Waals surface area contributed by atoms with Gasteiger partial charge in [-0.1, -0.05) is 26.0 Å². The van der Waals surface area contributed by atoms with E-state index in [0.29, 0.717) is 16.0 Å². The molecule has 0 spiro atoms. The van der Waals surface area contributed by atoms with E-state index in [2.05, 4.69) is 25.9 Å². The fourth-order valence-electron chi connectivity index (χ4n) is 1.48. The number of benzene rings is 1. The average molecular weight is 310 g/mol. The Morgan fingerprint density at radius 2 is 2.06 bits per heavy atom. The van der Waals surface area contributed by atoms with Gasteiger partial charge in [0, 0.05) is 0 Å². The van der Waals surface area contributed by atoms with E-state index in [4.69, 9.17) is 5.26 Å². The van der Waals surface area contributed by atoms with Crippen molar-refractivity contribution in [3.8, 4) is 17.5 Å². The number of nitrogens with one attached hydrogen (secondary N) is 1. The van der Waals surface area contributed by atoms with Gasteiger partial charge in [0.2, 0.25) is 0 Å². The summed E-state index contributed by atoms with van der Waals surface area (Å²) in [6, 6.07) is 6.71. The highest BCUT2D eigenvalue weighted by molar-refractivity contribution is 9.10. The lowest BCUT2D eigenvalue weighted by atomic mass is 10.1. The van der Waals surface area contributed by atoms with Crippen LogP contribution in [0.15, 0.2) is 22.8 Å². The van der Waals surface area contributed by atoms with Gasteiger partial charge in [0.15, 0.2) is 5.69 Å². The number of nitrogens with zero attached hydrogens (tertiary/aromatic N) is 2. The average Bonchev–Trinajstić information content (AvgIpc) is 2.72. The van der Waals surface area contributed by atoms with Crippen molar-refractivity contribution in [3.05, 3.63) is 39.9 Å². The normalized spacial score (nSPS) is 9.33. The molecule has 0 aliphatic carbocycles. The van der Waals surface area contributed by atoms with Crippen LogP contribution in [-0.4, -0.2) is 9.97 Å². The number of aromatic nitrogens is 2.